The topological polar surface area (TPSA) is 30.0 Å². The van der Waals surface area contributed by atoms with Gasteiger partial charge in [0.1, 0.15) is 5.01 Å². The number of aldehydes is 1. The van der Waals surface area contributed by atoms with Crippen LogP contribution in [0.4, 0.5) is 0 Å². The molecule has 0 aliphatic rings. The number of carbonyl (C=O) groups excluding carboxylic acids is 1. The van der Waals surface area contributed by atoms with Gasteiger partial charge in [0.05, 0.1) is 4.88 Å². The average Bonchev–Trinajstić information content (AvgIpc) is 2.70. The minimum atomic E-state index is 0.608. The van der Waals surface area contributed by atoms with Crippen molar-refractivity contribution < 1.29 is 4.79 Å². The number of thiazole rings is 1. The Morgan fingerprint density at radius 1 is 1.47 bits per heavy atom. The third-order valence-electron chi connectivity index (χ3n) is 1.80. The fourth-order valence-electron chi connectivity index (χ4n) is 1.13. The van der Waals surface area contributed by atoms with Crippen molar-refractivity contribution in [2.45, 2.75) is 0 Å². The Kier molecular flexibility index (Phi) is 3.19. The maximum atomic E-state index is 10.5. The fraction of sp³-hybridized carbons (Fsp3) is 0. The number of halogens is 2. The lowest BCUT2D eigenvalue weighted by Crippen LogP contribution is -1.77. The SMILES string of the molecule is O=Cc1cnc(-c2cc(Cl)ccc2Br)s1. The number of aromatic nitrogens is 1. The standard InChI is InChI=1S/C10H5BrClNOS/c11-9-2-1-6(12)3-8(9)10-13-4-7(5-14)15-10/h1-5H. The predicted molar refractivity (Wildman–Crippen MR) is 65.6 cm³/mol. The van der Waals surface area contributed by atoms with Crippen LogP contribution in [0.1, 0.15) is 9.67 Å². The van der Waals surface area contributed by atoms with Gasteiger partial charge in [0, 0.05) is 21.3 Å². The van der Waals surface area contributed by atoms with E-state index in [0.29, 0.717) is 9.90 Å². The van der Waals surface area contributed by atoms with Crippen molar-refractivity contribution >= 4 is 45.2 Å². The van der Waals surface area contributed by atoms with Crippen molar-refractivity contribution in [1.29, 1.82) is 0 Å². The molecule has 1 aromatic carbocycles. The quantitative estimate of drug-likeness (QED) is 0.784. The van der Waals surface area contributed by atoms with Crippen molar-refractivity contribution in [2.75, 3.05) is 0 Å². The first-order valence-electron chi connectivity index (χ1n) is 4.07. The number of hydrogen-bond acceptors (Lipinski definition) is 3. The van der Waals surface area contributed by atoms with Crippen molar-refractivity contribution in [3.63, 3.8) is 0 Å². The van der Waals surface area contributed by atoms with Crippen molar-refractivity contribution in [2.24, 2.45) is 0 Å². The van der Waals surface area contributed by atoms with Crippen LogP contribution in [0.15, 0.2) is 28.9 Å². The third kappa shape index (κ3) is 2.27. The molecule has 0 spiro atoms. The molecule has 0 aliphatic heterocycles. The van der Waals surface area contributed by atoms with Crippen LogP contribution in [0, 0.1) is 0 Å². The van der Waals surface area contributed by atoms with Gasteiger partial charge in [-0.05, 0) is 18.2 Å². The van der Waals surface area contributed by atoms with E-state index in [1.54, 1.807) is 12.3 Å². The molecule has 0 saturated heterocycles. The molecule has 76 valence electrons. The van der Waals surface area contributed by atoms with Gasteiger partial charge in [-0.3, -0.25) is 4.79 Å². The molecule has 0 bridgehead atoms. The van der Waals surface area contributed by atoms with E-state index in [1.807, 2.05) is 12.1 Å². The van der Waals surface area contributed by atoms with E-state index in [0.717, 1.165) is 21.3 Å². The first-order valence-corrected chi connectivity index (χ1v) is 6.06. The van der Waals surface area contributed by atoms with E-state index in [1.165, 1.54) is 11.3 Å². The largest absolute Gasteiger partial charge is 0.297 e. The van der Waals surface area contributed by atoms with E-state index in [-0.39, 0.29) is 0 Å². The second kappa shape index (κ2) is 4.43. The number of benzene rings is 1. The second-order valence-electron chi connectivity index (χ2n) is 2.81. The number of carbonyl (C=O) groups is 1. The molecule has 0 radical (unpaired) electrons. The summed E-state index contributed by atoms with van der Waals surface area (Å²) in [6, 6.07) is 5.47. The Labute approximate surface area is 104 Å². The monoisotopic (exact) mass is 301 g/mol. The Balaban J connectivity index is 2.52. The number of nitrogens with zero attached hydrogens (tertiary/aromatic N) is 1. The van der Waals surface area contributed by atoms with Gasteiger partial charge < -0.3 is 0 Å². The number of rotatable bonds is 2. The zero-order chi connectivity index (χ0) is 10.8. The van der Waals surface area contributed by atoms with Crippen LogP contribution in [0.5, 0.6) is 0 Å². The lowest BCUT2D eigenvalue weighted by atomic mass is 10.2. The molecule has 1 aromatic heterocycles. The minimum Gasteiger partial charge on any atom is -0.297 e. The Morgan fingerprint density at radius 3 is 2.93 bits per heavy atom. The van der Waals surface area contributed by atoms with Gasteiger partial charge >= 0.3 is 0 Å². The van der Waals surface area contributed by atoms with E-state index in [4.69, 9.17) is 11.6 Å². The Morgan fingerprint density at radius 2 is 2.27 bits per heavy atom. The maximum Gasteiger partial charge on any atom is 0.161 e. The molecule has 1 heterocycles. The highest BCUT2D eigenvalue weighted by molar-refractivity contribution is 9.10. The summed E-state index contributed by atoms with van der Waals surface area (Å²) < 4.78 is 0.915. The molecule has 0 fully saturated rings. The van der Waals surface area contributed by atoms with Crippen LogP contribution in [0.2, 0.25) is 5.02 Å². The smallest absolute Gasteiger partial charge is 0.161 e. The summed E-state index contributed by atoms with van der Waals surface area (Å²) in [5.41, 5.74) is 0.903. The van der Waals surface area contributed by atoms with Crippen LogP contribution in [-0.2, 0) is 0 Å². The maximum absolute atomic E-state index is 10.5. The van der Waals surface area contributed by atoms with Gasteiger partial charge in [-0.15, -0.1) is 11.3 Å². The molecule has 0 unspecified atom stereocenters. The van der Waals surface area contributed by atoms with E-state index >= 15 is 0 Å². The minimum absolute atomic E-state index is 0.608. The summed E-state index contributed by atoms with van der Waals surface area (Å²) in [5.74, 6) is 0. The van der Waals surface area contributed by atoms with Crippen LogP contribution < -0.4 is 0 Å². The predicted octanol–water partition coefficient (Wildman–Crippen LogP) is 4.04. The summed E-state index contributed by atoms with van der Waals surface area (Å²) in [6.45, 7) is 0. The van der Waals surface area contributed by atoms with E-state index < -0.39 is 0 Å². The van der Waals surface area contributed by atoms with Crippen LogP contribution in [0.3, 0.4) is 0 Å². The molecule has 0 atom stereocenters. The first kappa shape index (κ1) is 10.8. The van der Waals surface area contributed by atoms with Gasteiger partial charge in [0.2, 0.25) is 0 Å². The molecule has 2 aromatic rings. The number of hydrogen-bond donors (Lipinski definition) is 0. The highest BCUT2D eigenvalue weighted by atomic mass is 79.9. The summed E-state index contributed by atoms with van der Waals surface area (Å²) in [5, 5.41) is 1.43. The van der Waals surface area contributed by atoms with Crippen molar-refractivity contribution in [3.8, 4) is 10.6 Å². The van der Waals surface area contributed by atoms with Gasteiger partial charge in [0.15, 0.2) is 6.29 Å². The summed E-state index contributed by atoms with van der Waals surface area (Å²) >= 11 is 10.7. The van der Waals surface area contributed by atoms with Gasteiger partial charge in [-0.2, -0.15) is 0 Å². The van der Waals surface area contributed by atoms with Gasteiger partial charge in [-0.1, -0.05) is 27.5 Å². The molecule has 0 saturated carbocycles. The molecule has 0 N–H and O–H groups in total. The third-order valence-corrected chi connectivity index (χ3v) is 3.68. The Hall–Kier alpha value is -0.710. The van der Waals surface area contributed by atoms with Gasteiger partial charge in [0.25, 0.3) is 0 Å². The summed E-state index contributed by atoms with van der Waals surface area (Å²) in [7, 11) is 0. The normalized spacial score (nSPS) is 10.3. The molecule has 2 nitrogen and oxygen atoms in total. The van der Waals surface area contributed by atoms with Gasteiger partial charge in [-0.25, -0.2) is 4.98 Å². The lowest BCUT2D eigenvalue weighted by molar-refractivity contribution is 0.112. The van der Waals surface area contributed by atoms with E-state index in [9.17, 15) is 4.79 Å². The summed E-state index contributed by atoms with van der Waals surface area (Å²) in [4.78, 5) is 15.3. The highest BCUT2D eigenvalue weighted by Gasteiger charge is 2.08. The molecular weight excluding hydrogens is 298 g/mol. The Bertz CT molecular complexity index is 512. The first-order chi connectivity index (χ1) is 7.20. The average molecular weight is 303 g/mol. The van der Waals surface area contributed by atoms with Crippen LogP contribution in [0.25, 0.3) is 10.6 Å². The molecule has 5 heteroatoms. The lowest BCUT2D eigenvalue weighted by Gasteiger charge is -2.00. The fourth-order valence-corrected chi connectivity index (χ4v) is 2.63. The molecule has 0 aliphatic carbocycles. The van der Waals surface area contributed by atoms with Crippen molar-refractivity contribution in [3.05, 3.63) is 38.8 Å². The zero-order valence-electron chi connectivity index (χ0n) is 7.41. The molecule has 15 heavy (non-hydrogen) atoms. The molecule has 2 rings (SSSR count). The molecular formula is C10H5BrClNOS. The zero-order valence-corrected chi connectivity index (χ0v) is 10.6. The van der Waals surface area contributed by atoms with Crippen molar-refractivity contribution in [1.82, 2.24) is 4.98 Å². The highest BCUT2D eigenvalue weighted by Crippen LogP contribution is 2.32. The van der Waals surface area contributed by atoms with E-state index in [2.05, 4.69) is 20.9 Å². The van der Waals surface area contributed by atoms with Crippen LogP contribution >= 0.6 is 38.9 Å². The second-order valence-corrected chi connectivity index (χ2v) is 5.16. The summed E-state index contributed by atoms with van der Waals surface area (Å²) in [6.07, 6.45) is 2.35. The molecule has 0 amide bonds. The van der Waals surface area contributed by atoms with Crippen LogP contribution in [-0.4, -0.2) is 11.3 Å².